The van der Waals surface area contributed by atoms with Gasteiger partial charge in [0.05, 0.1) is 65.3 Å². The predicted molar refractivity (Wildman–Crippen MR) is 296 cm³/mol. The van der Waals surface area contributed by atoms with Crippen LogP contribution in [0.4, 0.5) is 57.5 Å². The van der Waals surface area contributed by atoms with Crippen LogP contribution in [0, 0.1) is 0 Å². The van der Waals surface area contributed by atoms with E-state index >= 15 is 0 Å². The molecule has 7 aromatic rings. The summed E-state index contributed by atoms with van der Waals surface area (Å²) < 4.78 is 182. The third-order valence-electron chi connectivity index (χ3n) is 15.9. The van der Waals surface area contributed by atoms with Crippen molar-refractivity contribution in [1.82, 2.24) is 39.7 Å². The van der Waals surface area contributed by atoms with E-state index in [9.17, 15) is 76.7 Å². The fourth-order valence-electron chi connectivity index (χ4n) is 10.8. The van der Waals surface area contributed by atoms with Crippen LogP contribution in [-0.2, 0) is 77.3 Å². The molecule has 0 bridgehead atoms. The van der Waals surface area contributed by atoms with Crippen molar-refractivity contribution in [1.29, 1.82) is 0 Å². The molecule has 9 rings (SSSR count). The van der Waals surface area contributed by atoms with Gasteiger partial charge in [-0.25, -0.2) is 24.6 Å². The summed E-state index contributed by atoms with van der Waals surface area (Å²) in [5.41, 5.74) is -0.454. The van der Waals surface area contributed by atoms with Gasteiger partial charge in [0.25, 0.3) is 0 Å². The summed E-state index contributed by atoms with van der Waals surface area (Å²) >= 11 is 0. The van der Waals surface area contributed by atoms with E-state index in [2.05, 4.69) is 25.7 Å². The molecular formula is C59H60F12N10O9. The fraction of sp³-hybridized carbons (Fsp3) is 0.373. The molecule has 4 heterocycles. The number of aliphatic hydroxyl groups is 1. The molecule has 2 saturated heterocycles. The van der Waals surface area contributed by atoms with Gasteiger partial charge in [0.2, 0.25) is 11.8 Å². The van der Waals surface area contributed by atoms with E-state index in [0.717, 1.165) is 28.9 Å². The number of aliphatic hydroxyl groups excluding tert-OH is 1. The number of nitrogens with two attached hydrogens (primary N) is 2. The summed E-state index contributed by atoms with van der Waals surface area (Å²) in [6, 6.07) is 28.3. The van der Waals surface area contributed by atoms with Crippen LogP contribution in [0.2, 0.25) is 0 Å². The summed E-state index contributed by atoms with van der Waals surface area (Å²) in [7, 11) is 1.00. The summed E-state index contributed by atoms with van der Waals surface area (Å²) in [6.07, 6.45) is -21.4. The van der Waals surface area contributed by atoms with Crippen molar-refractivity contribution >= 4 is 17.9 Å². The van der Waals surface area contributed by atoms with Crippen LogP contribution >= 0.6 is 0 Å². The lowest BCUT2D eigenvalue weighted by Crippen LogP contribution is -2.67. The van der Waals surface area contributed by atoms with Crippen LogP contribution in [0.15, 0.2) is 150 Å². The lowest BCUT2D eigenvalue weighted by atomic mass is 9.74. The average molecular weight is 1280 g/mol. The van der Waals surface area contributed by atoms with Crippen LogP contribution in [0.1, 0.15) is 102 Å². The van der Waals surface area contributed by atoms with Crippen LogP contribution < -0.4 is 28.2 Å². The number of hydrogen-bond donors (Lipinski definition) is 6. The van der Waals surface area contributed by atoms with Crippen LogP contribution in [-0.4, -0.2) is 90.9 Å². The van der Waals surface area contributed by atoms with Gasteiger partial charge in [-0.05, 0) is 104 Å². The number of alkyl halides is 12. The largest absolute Gasteiger partial charge is 0.445 e. The Hall–Kier alpha value is -8.81. The van der Waals surface area contributed by atoms with Crippen molar-refractivity contribution in [3.8, 4) is 0 Å². The van der Waals surface area contributed by atoms with Gasteiger partial charge in [0, 0.05) is 13.7 Å². The molecule has 31 heteroatoms. The Balaban J connectivity index is 0.000000255. The number of halogens is 12. The molecule has 3 amide bonds. The monoisotopic (exact) mass is 1280 g/mol. The van der Waals surface area contributed by atoms with Gasteiger partial charge in [0.1, 0.15) is 30.3 Å². The predicted octanol–water partition coefficient (Wildman–Crippen LogP) is 9.35. The van der Waals surface area contributed by atoms with Crippen molar-refractivity contribution in [2.24, 2.45) is 11.5 Å². The SMILES string of the molecule is CO.C[C@@H](OC[C@@]1(c2ccccc2)CC[C@](C(N)=O)(n2cn[nH]c2=O)CN1)c1cc(C(F)(F)F)cc(C(F)(F)F)c1.C[C@@H](OC[C@@]1(c2ccccc2)CC[C@](C(N)=O)(n2cn[nH]c2=O)CN1C(=O)OCc1ccccc1)c1cc(C(F)(F)F)cc(C(F)(F)F)c1. The Labute approximate surface area is 503 Å². The lowest BCUT2D eigenvalue weighted by molar-refractivity contribution is -0.145. The molecular weight excluding hydrogens is 1220 g/mol. The summed E-state index contributed by atoms with van der Waals surface area (Å²) in [5, 5.41) is 22.0. The molecule has 0 saturated carbocycles. The average Bonchev–Trinajstić information content (AvgIpc) is 0.821. The molecule has 2 aliphatic heterocycles. The van der Waals surface area contributed by atoms with E-state index in [-0.39, 0.29) is 63.1 Å². The third kappa shape index (κ3) is 14.9. The van der Waals surface area contributed by atoms with Gasteiger partial charge in [-0.3, -0.25) is 23.6 Å². The molecule has 6 atom stereocenters. The van der Waals surface area contributed by atoms with E-state index < -0.39 is 129 Å². The quantitative estimate of drug-likeness (QED) is 0.0494. The number of amides is 3. The number of benzene rings is 5. The van der Waals surface area contributed by atoms with Crippen molar-refractivity contribution < 1.29 is 86.4 Å². The van der Waals surface area contributed by atoms with Crippen LogP contribution in [0.5, 0.6) is 0 Å². The zero-order valence-electron chi connectivity index (χ0n) is 47.9. The minimum Gasteiger partial charge on any atom is -0.445 e. The summed E-state index contributed by atoms with van der Waals surface area (Å²) in [6.45, 7) is 1.16. The molecule has 90 heavy (non-hydrogen) atoms. The first-order valence-corrected chi connectivity index (χ1v) is 27.2. The Morgan fingerprint density at radius 1 is 0.567 bits per heavy atom. The minimum atomic E-state index is -5.08. The van der Waals surface area contributed by atoms with Crippen molar-refractivity contribution in [2.45, 2.75) is 105 Å². The molecule has 2 fully saturated rings. The molecule has 0 spiro atoms. The Morgan fingerprint density at radius 2 is 0.967 bits per heavy atom. The fourth-order valence-corrected chi connectivity index (χ4v) is 10.8. The number of carbonyl (C=O) groups is 3. The first kappa shape index (κ1) is 68.7. The second kappa shape index (κ2) is 27.1. The van der Waals surface area contributed by atoms with E-state index in [4.69, 9.17) is 30.8 Å². The maximum absolute atomic E-state index is 14.1. The van der Waals surface area contributed by atoms with E-state index in [1.807, 2.05) is 0 Å². The van der Waals surface area contributed by atoms with Gasteiger partial charge >= 0.3 is 42.2 Å². The second-order valence-electron chi connectivity index (χ2n) is 21.3. The number of ether oxygens (including phenoxy) is 3. The normalized spacial score (nSPS) is 21.2. The first-order chi connectivity index (χ1) is 42.2. The number of likely N-dealkylation sites (tertiary alicyclic amines) is 1. The van der Waals surface area contributed by atoms with Crippen molar-refractivity contribution in [3.63, 3.8) is 0 Å². The molecule has 5 aromatic carbocycles. The number of piperidine rings is 2. The topological polar surface area (TPSA) is 268 Å². The van der Waals surface area contributed by atoms with E-state index in [0.29, 0.717) is 41.0 Å². The number of rotatable bonds is 16. The Kier molecular flexibility index (Phi) is 20.7. The number of nitrogens with zero attached hydrogens (tertiary/aromatic N) is 5. The second-order valence-corrected chi connectivity index (χ2v) is 21.3. The number of hydrogen-bond acceptors (Lipinski definition) is 12. The highest BCUT2D eigenvalue weighted by atomic mass is 19.4. The van der Waals surface area contributed by atoms with Crippen molar-refractivity contribution in [3.05, 3.63) is 211 Å². The maximum atomic E-state index is 14.1. The zero-order valence-corrected chi connectivity index (χ0v) is 47.9. The third-order valence-corrected chi connectivity index (χ3v) is 15.9. The number of H-pyrrole nitrogens is 2. The zero-order chi connectivity index (χ0) is 66.3. The number of aromatic amines is 2. The molecule has 2 aromatic heterocycles. The standard InChI is InChI=1S/C33H31F6N5O5.C25H25F6N5O3.CH4O/c1-21(23-14-25(32(34,35)36)16-26(15-23)33(37,38)39)49-19-31(24-10-6-3-7-11-24)13-12-30(27(40)45,44-20-41-42-28(44)46)18-43(31)29(47)48-17-22-8-4-2-5-9-22;1-15(16-9-18(24(26,27)28)11-19(10-16)25(29,30)31)39-13-22(17-5-3-2-4-6-17)7-8-23(12-33-22,20(32)37)36-14-34-35-21(36)38;1-2/h2-11,14-16,20-21H,12-13,17-19H2,1H3,(H2,40,45)(H,42,46);2-6,9-11,14-15,33H,7-8,12-13H2,1H3,(H2,32,37)(H,35,38);2H,1H3/t21-,30+,31-;15-,22-,23+;/m11./s1. The highest BCUT2D eigenvalue weighted by molar-refractivity contribution is 5.85. The highest BCUT2D eigenvalue weighted by Gasteiger charge is 2.56. The smallest absolute Gasteiger partial charge is 0.416 e. The number of nitrogens with one attached hydrogen (secondary N) is 3. The molecule has 484 valence electrons. The molecule has 8 N–H and O–H groups in total. The minimum absolute atomic E-state index is 0.0223. The molecule has 19 nitrogen and oxygen atoms in total. The molecule has 0 radical (unpaired) electrons. The molecule has 0 unspecified atom stereocenters. The highest BCUT2D eigenvalue weighted by Crippen LogP contribution is 2.47. The Morgan fingerprint density at radius 3 is 1.36 bits per heavy atom. The molecule has 0 aliphatic carbocycles. The van der Waals surface area contributed by atoms with Gasteiger partial charge < -0.3 is 36.1 Å². The first-order valence-electron chi connectivity index (χ1n) is 27.2. The van der Waals surface area contributed by atoms with Gasteiger partial charge in [-0.1, -0.05) is 91.0 Å². The van der Waals surface area contributed by atoms with Crippen LogP contribution in [0.25, 0.3) is 0 Å². The van der Waals surface area contributed by atoms with E-state index in [1.165, 1.54) is 18.7 Å². The Bertz CT molecular complexity index is 3640. The van der Waals surface area contributed by atoms with Gasteiger partial charge in [-0.2, -0.15) is 62.9 Å². The lowest BCUT2D eigenvalue weighted by Gasteiger charge is -2.52. The summed E-state index contributed by atoms with van der Waals surface area (Å²) in [5.74, 6) is -1.74. The number of primary amides is 2. The van der Waals surface area contributed by atoms with Crippen LogP contribution in [0.3, 0.4) is 0 Å². The van der Waals surface area contributed by atoms with E-state index in [1.54, 1.807) is 91.0 Å². The number of carbonyl (C=O) groups excluding carboxylic acids is 3. The summed E-state index contributed by atoms with van der Waals surface area (Å²) in [4.78, 5) is 65.9. The number of aromatic nitrogens is 6. The van der Waals surface area contributed by atoms with Gasteiger partial charge in [-0.15, -0.1) is 0 Å². The van der Waals surface area contributed by atoms with Crippen molar-refractivity contribution in [2.75, 3.05) is 33.4 Å². The maximum Gasteiger partial charge on any atom is 0.416 e. The molecule has 2 aliphatic rings. The van der Waals surface area contributed by atoms with Gasteiger partial charge in [0.15, 0.2) is 0 Å².